The van der Waals surface area contributed by atoms with Crippen LogP contribution in [0.25, 0.3) is 0 Å². The summed E-state index contributed by atoms with van der Waals surface area (Å²) in [6.07, 6.45) is 0. The number of benzene rings is 3. The summed E-state index contributed by atoms with van der Waals surface area (Å²) < 4.78 is 10.4. The molecule has 0 aromatic heterocycles. The molecule has 3 aromatic carbocycles. The Morgan fingerprint density at radius 2 is 1.14 bits per heavy atom. The van der Waals surface area contributed by atoms with Gasteiger partial charge in [-0.15, -0.1) is 0 Å². The Balaban J connectivity index is 1.67. The van der Waals surface area contributed by atoms with Crippen LogP contribution >= 0.6 is 0 Å². The second kappa shape index (κ2) is 8.93. The van der Waals surface area contributed by atoms with Crippen LogP contribution < -0.4 is 20.1 Å². The lowest BCUT2D eigenvalue weighted by molar-refractivity contribution is 0.101. The number of aryl methyl sites for hydroxylation is 1. The van der Waals surface area contributed by atoms with Gasteiger partial charge in [-0.1, -0.05) is 17.7 Å². The molecule has 0 fully saturated rings. The number of rotatable bonds is 6. The standard InChI is InChI=1S/C23H22N2O4/c1-15-4-10-18(11-5-15)24-22(26)16-6-8-17(9-7-16)23(27)25-19-12-13-20(28-2)21(14-19)29-3/h4-14H,1-3H3,(H,24,26)(H,25,27). The molecular formula is C23H22N2O4. The highest BCUT2D eigenvalue weighted by atomic mass is 16.5. The van der Waals surface area contributed by atoms with Crippen LogP contribution in [0.4, 0.5) is 11.4 Å². The van der Waals surface area contributed by atoms with Crippen LogP contribution in [0.15, 0.2) is 66.7 Å². The van der Waals surface area contributed by atoms with Crippen molar-refractivity contribution >= 4 is 23.2 Å². The van der Waals surface area contributed by atoms with Crippen molar-refractivity contribution < 1.29 is 19.1 Å². The fraction of sp³-hybridized carbons (Fsp3) is 0.130. The number of ether oxygens (including phenoxy) is 2. The number of carbonyl (C=O) groups excluding carboxylic acids is 2. The molecule has 2 amide bonds. The molecule has 3 aromatic rings. The average Bonchev–Trinajstić information content (AvgIpc) is 2.75. The smallest absolute Gasteiger partial charge is 0.255 e. The first-order valence-corrected chi connectivity index (χ1v) is 9.01. The molecule has 0 unspecified atom stereocenters. The molecule has 0 heterocycles. The van der Waals surface area contributed by atoms with Gasteiger partial charge in [0, 0.05) is 28.6 Å². The third-order valence-electron chi connectivity index (χ3n) is 4.36. The fourth-order valence-electron chi connectivity index (χ4n) is 2.73. The van der Waals surface area contributed by atoms with E-state index >= 15 is 0 Å². The molecule has 0 aliphatic carbocycles. The number of hydrogen-bond donors (Lipinski definition) is 2. The molecule has 0 radical (unpaired) electrons. The van der Waals surface area contributed by atoms with Crippen molar-refractivity contribution in [2.75, 3.05) is 24.9 Å². The second-order valence-electron chi connectivity index (χ2n) is 6.42. The normalized spacial score (nSPS) is 10.2. The molecule has 0 saturated heterocycles. The monoisotopic (exact) mass is 390 g/mol. The molecule has 0 atom stereocenters. The SMILES string of the molecule is COc1ccc(NC(=O)c2ccc(C(=O)Nc3ccc(C)cc3)cc2)cc1OC. The lowest BCUT2D eigenvalue weighted by atomic mass is 10.1. The number of nitrogens with one attached hydrogen (secondary N) is 2. The molecule has 29 heavy (non-hydrogen) atoms. The fourth-order valence-corrected chi connectivity index (χ4v) is 2.73. The third-order valence-corrected chi connectivity index (χ3v) is 4.36. The summed E-state index contributed by atoms with van der Waals surface area (Å²) in [5.41, 5.74) is 3.32. The minimum atomic E-state index is -0.289. The molecule has 0 saturated carbocycles. The Kier molecular flexibility index (Phi) is 6.14. The van der Waals surface area contributed by atoms with Gasteiger partial charge in [0.15, 0.2) is 11.5 Å². The van der Waals surface area contributed by atoms with Gasteiger partial charge in [0.1, 0.15) is 0 Å². The summed E-state index contributed by atoms with van der Waals surface area (Å²) in [5, 5.41) is 5.64. The summed E-state index contributed by atoms with van der Waals surface area (Å²) in [4.78, 5) is 24.9. The van der Waals surface area contributed by atoms with Crippen LogP contribution in [0, 0.1) is 6.92 Å². The van der Waals surface area contributed by atoms with Gasteiger partial charge in [0.05, 0.1) is 14.2 Å². The molecule has 2 N–H and O–H groups in total. The highest BCUT2D eigenvalue weighted by Gasteiger charge is 2.11. The molecule has 148 valence electrons. The molecule has 6 nitrogen and oxygen atoms in total. The number of anilines is 2. The van der Waals surface area contributed by atoms with Crippen LogP contribution in [0.1, 0.15) is 26.3 Å². The van der Waals surface area contributed by atoms with Crippen molar-refractivity contribution in [1.29, 1.82) is 0 Å². The first-order valence-electron chi connectivity index (χ1n) is 9.01. The van der Waals surface area contributed by atoms with Crippen LogP contribution in [-0.4, -0.2) is 26.0 Å². The minimum Gasteiger partial charge on any atom is -0.493 e. The molecule has 0 aliphatic heterocycles. The lowest BCUT2D eigenvalue weighted by Crippen LogP contribution is -2.14. The van der Waals surface area contributed by atoms with E-state index in [-0.39, 0.29) is 11.8 Å². The maximum atomic E-state index is 12.5. The Morgan fingerprint density at radius 1 is 0.655 bits per heavy atom. The largest absolute Gasteiger partial charge is 0.493 e. The van der Waals surface area contributed by atoms with Gasteiger partial charge in [-0.25, -0.2) is 0 Å². The van der Waals surface area contributed by atoms with E-state index in [9.17, 15) is 9.59 Å². The van der Waals surface area contributed by atoms with Crippen molar-refractivity contribution in [2.24, 2.45) is 0 Å². The first-order chi connectivity index (χ1) is 14.0. The van der Waals surface area contributed by atoms with Crippen LogP contribution in [0.5, 0.6) is 11.5 Å². The molecule has 0 spiro atoms. The van der Waals surface area contributed by atoms with Crippen molar-refractivity contribution in [1.82, 2.24) is 0 Å². The van der Waals surface area contributed by atoms with Crippen LogP contribution in [-0.2, 0) is 0 Å². The van der Waals surface area contributed by atoms with Gasteiger partial charge < -0.3 is 20.1 Å². The Morgan fingerprint density at radius 3 is 1.66 bits per heavy atom. The zero-order valence-corrected chi connectivity index (χ0v) is 16.5. The van der Waals surface area contributed by atoms with E-state index in [1.807, 2.05) is 31.2 Å². The van der Waals surface area contributed by atoms with Crippen molar-refractivity contribution in [2.45, 2.75) is 6.92 Å². The van der Waals surface area contributed by atoms with Gasteiger partial charge in [-0.05, 0) is 55.5 Å². The summed E-state index contributed by atoms with van der Waals surface area (Å²) in [7, 11) is 3.08. The van der Waals surface area contributed by atoms with Gasteiger partial charge in [-0.3, -0.25) is 9.59 Å². The minimum absolute atomic E-state index is 0.235. The molecule has 3 rings (SSSR count). The quantitative estimate of drug-likeness (QED) is 0.649. The summed E-state index contributed by atoms with van der Waals surface area (Å²) >= 11 is 0. The van der Waals surface area contributed by atoms with Crippen molar-refractivity contribution in [3.8, 4) is 11.5 Å². The predicted molar refractivity (Wildman–Crippen MR) is 113 cm³/mol. The van der Waals surface area contributed by atoms with Crippen LogP contribution in [0.3, 0.4) is 0 Å². The number of hydrogen-bond acceptors (Lipinski definition) is 4. The Hall–Kier alpha value is -3.80. The summed E-state index contributed by atoms with van der Waals surface area (Å²) in [5.74, 6) is 0.575. The van der Waals surface area contributed by atoms with Crippen molar-refractivity contribution in [3.63, 3.8) is 0 Å². The number of carbonyl (C=O) groups is 2. The maximum Gasteiger partial charge on any atom is 0.255 e. The van der Waals surface area contributed by atoms with E-state index in [2.05, 4.69) is 10.6 Å². The van der Waals surface area contributed by atoms with Gasteiger partial charge in [0.2, 0.25) is 0 Å². The second-order valence-corrected chi connectivity index (χ2v) is 6.42. The van der Waals surface area contributed by atoms with E-state index in [0.29, 0.717) is 28.3 Å². The summed E-state index contributed by atoms with van der Waals surface area (Å²) in [6, 6.07) is 19.1. The van der Waals surface area contributed by atoms with Gasteiger partial charge >= 0.3 is 0 Å². The highest BCUT2D eigenvalue weighted by Crippen LogP contribution is 2.29. The number of amides is 2. The van der Waals surface area contributed by atoms with E-state index in [0.717, 1.165) is 11.3 Å². The maximum absolute atomic E-state index is 12.5. The average molecular weight is 390 g/mol. The van der Waals surface area contributed by atoms with E-state index < -0.39 is 0 Å². The van der Waals surface area contributed by atoms with E-state index in [1.165, 1.54) is 7.11 Å². The molecule has 0 bridgehead atoms. The van der Waals surface area contributed by atoms with E-state index in [1.54, 1.807) is 49.6 Å². The van der Waals surface area contributed by atoms with Gasteiger partial charge in [0.25, 0.3) is 11.8 Å². The zero-order chi connectivity index (χ0) is 20.8. The molecule has 6 heteroatoms. The topological polar surface area (TPSA) is 76.7 Å². The molecular weight excluding hydrogens is 368 g/mol. The predicted octanol–water partition coefficient (Wildman–Crippen LogP) is 4.52. The van der Waals surface area contributed by atoms with Crippen LogP contribution in [0.2, 0.25) is 0 Å². The summed E-state index contributed by atoms with van der Waals surface area (Å²) in [6.45, 7) is 1.98. The van der Waals surface area contributed by atoms with E-state index in [4.69, 9.17) is 9.47 Å². The number of methoxy groups -OCH3 is 2. The van der Waals surface area contributed by atoms with Crippen molar-refractivity contribution in [3.05, 3.63) is 83.4 Å². The third kappa shape index (κ3) is 4.93. The Bertz CT molecular complexity index is 1010. The highest BCUT2D eigenvalue weighted by molar-refractivity contribution is 6.07. The Labute approximate surface area is 169 Å². The van der Waals surface area contributed by atoms with Gasteiger partial charge in [-0.2, -0.15) is 0 Å². The first kappa shape index (κ1) is 19.9. The lowest BCUT2D eigenvalue weighted by Gasteiger charge is -2.11. The molecule has 0 aliphatic rings. The zero-order valence-electron chi connectivity index (χ0n) is 16.5.